The average molecular weight is 573 g/mol. The standard InChI is InChI=1S/C30H41ClN4O3S/c1-17-33-26-10-9-21(34(2)20-7-8-20)15-24(26)29(36)35(17)13-3-4-18-5-6-19(31)14-23(18)22-11-12-32-27-25(30(37)38)16-39-28(22)27/h18-23,25,27-28,32H,5-16H2,1-2H3,(H,37,38). The van der Waals surface area contributed by atoms with E-state index in [9.17, 15) is 14.7 Å². The highest BCUT2D eigenvalue weighted by Crippen LogP contribution is 2.48. The highest BCUT2D eigenvalue weighted by Gasteiger charge is 2.50. The first-order valence-corrected chi connectivity index (χ1v) is 16.3. The number of halogens is 1. The Morgan fingerprint density at radius 2 is 2.03 bits per heavy atom. The van der Waals surface area contributed by atoms with Gasteiger partial charge >= 0.3 is 5.97 Å². The fourth-order valence-electron chi connectivity index (χ4n) is 7.75. The minimum Gasteiger partial charge on any atom is -0.481 e. The number of aromatic nitrogens is 2. The van der Waals surface area contributed by atoms with Gasteiger partial charge in [-0.2, -0.15) is 11.8 Å². The maximum Gasteiger partial charge on any atom is 0.308 e. The Kier molecular flexibility index (Phi) is 8.07. The van der Waals surface area contributed by atoms with E-state index in [2.05, 4.69) is 29.1 Å². The number of piperidine rings is 1. The van der Waals surface area contributed by atoms with Gasteiger partial charge < -0.3 is 15.3 Å². The number of carbonyl (C=O) groups is 1. The smallest absolute Gasteiger partial charge is 0.308 e. The topological polar surface area (TPSA) is 87.5 Å². The Bertz CT molecular complexity index is 1220. The highest BCUT2D eigenvalue weighted by molar-refractivity contribution is 8.00. The van der Waals surface area contributed by atoms with Crippen LogP contribution in [0.5, 0.6) is 0 Å². The van der Waals surface area contributed by atoms with Gasteiger partial charge in [0.05, 0.1) is 18.2 Å². The molecular formula is C30H41ClN4O3S. The number of rotatable bonds is 5. The number of carboxylic acid groups (broad SMARTS) is 1. The SMILES string of the molecule is Cc1nc2c(c(=O)n1CC#CC1CCC(Cl)CC1C1CCNC3C(C(=O)O)CSC13)CC(N(C)C1CC1)CC2. The van der Waals surface area contributed by atoms with Crippen LogP contribution in [0.4, 0.5) is 0 Å². The number of hydrogen-bond acceptors (Lipinski definition) is 6. The Morgan fingerprint density at radius 3 is 2.79 bits per heavy atom. The second kappa shape index (κ2) is 11.4. The third-order valence-corrected chi connectivity index (χ3v) is 12.1. The molecule has 3 heterocycles. The van der Waals surface area contributed by atoms with Gasteiger partial charge in [-0.15, -0.1) is 11.6 Å². The lowest BCUT2D eigenvalue weighted by Gasteiger charge is -2.44. The van der Waals surface area contributed by atoms with Gasteiger partial charge in [0.1, 0.15) is 5.82 Å². The van der Waals surface area contributed by atoms with Crippen molar-refractivity contribution < 1.29 is 9.90 Å². The molecule has 4 fully saturated rings. The van der Waals surface area contributed by atoms with E-state index in [1.54, 1.807) is 4.57 Å². The lowest BCUT2D eigenvalue weighted by Crippen LogP contribution is -2.53. The molecule has 0 aromatic carbocycles. The first kappa shape index (κ1) is 27.6. The summed E-state index contributed by atoms with van der Waals surface area (Å²) in [5.74, 6) is 8.41. The summed E-state index contributed by atoms with van der Waals surface area (Å²) in [6.07, 6.45) is 9.18. The summed E-state index contributed by atoms with van der Waals surface area (Å²) in [6.45, 7) is 3.15. The fourth-order valence-corrected chi connectivity index (χ4v) is 9.94. The molecule has 0 amide bonds. The van der Waals surface area contributed by atoms with E-state index in [4.69, 9.17) is 16.6 Å². The predicted octanol–water partition coefficient (Wildman–Crippen LogP) is 3.32. The molecule has 39 heavy (non-hydrogen) atoms. The van der Waals surface area contributed by atoms with Crippen LogP contribution >= 0.6 is 23.4 Å². The molecule has 0 bridgehead atoms. The number of hydrogen-bond donors (Lipinski definition) is 2. The van der Waals surface area contributed by atoms with Crippen molar-refractivity contribution in [3.8, 4) is 11.8 Å². The van der Waals surface area contributed by atoms with Crippen LogP contribution in [-0.2, 0) is 24.2 Å². The summed E-state index contributed by atoms with van der Waals surface area (Å²) in [7, 11) is 2.21. The van der Waals surface area contributed by atoms with E-state index in [1.165, 1.54) is 12.8 Å². The molecule has 6 rings (SSSR count). The predicted molar refractivity (Wildman–Crippen MR) is 155 cm³/mol. The molecule has 3 aliphatic carbocycles. The van der Waals surface area contributed by atoms with Crippen LogP contribution in [0.2, 0.25) is 0 Å². The van der Waals surface area contributed by atoms with Gasteiger partial charge in [0.15, 0.2) is 0 Å². The molecule has 2 aliphatic heterocycles. The molecule has 1 aromatic rings. The lowest BCUT2D eigenvalue weighted by molar-refractivity contribution is -0.141. The molecule has 2 N–H and O–H groups in total. The van der Waals surface area contributed by atoms with Crippen LogP contribution in [-0.4, -0.2) is 73.6 Å². The summed E-state index contributed by atoms with van der Waals surface area (Å²) in [4.78, 5) is 32.8. The minimum atomic E-state index is -0.691. The van der Waals surface area contributed by atoms with Gasteiger partial charge in [0, 0.05) is 46.0 Å². The number of alkyl halides is 1. The van der Waals surface area contributed by atoms with Crippen molar-refractivity contribution in [1.29, 1.82) is 0 Å². The molecule has 7 nitrogen and oxygen atoms in total. The zero-order valence-electron chi connectivity index (χ0n) is 23.1. The first-order valence-electron chi connectivity index (χ1n) is 14.8. The molecule has 5 aliphatic rings. The fraction of sp³-hybridized carbons (Fsp3) is 0.767. The number of nitrogens with one attached hydrogen (secondary N) is 1. The number of thioether (sulfide) groups is 1. The normalized spacial score (nSPS) is 36.1. The van der Waals surface area contributed by atoms with E-state index in [0.29, 0.717) is 41.5 Å². The van der Waals surface area contributed by atoms with Crippen molar-refractivity contribution in [2.24, 2.45) is 23.7 Å². The average Bonchev–Trinajstić information content (AvgIpc) is 3.68. The lowest BCUT2D eigenvalue weighted by atomic mass is 9.68. The van der Waals surface area contributed by atoms with Crippen LogP contribution in [0.25, 0.3) is 0 Å². The van der Waals surface area contributed by atoms with E-state index in [-0.39, 0.29) is 28.8 Å². The van der Waals surface area contributed by atoms with Crippen LogP contribution in [0, 0.1) is 42.4 Å². The van der Waals surface area contributed by atoms with Gasteiger partial charge in [-0.05, 0) is 90.1 Å². The molecule has 212 valence electrons. The minimum absolute atomic E-state index is 0.0288. The Balaban J connectivity index is 1.19. The molecule has 9 heteroatoms. The largest absolute Gasteiger partial charge is 0.481 e. The van der Waals surface area contributed by atoms with Crippen molar-refractivity contribution in [2.75, 3.05) is 19.3 Å². The summed E-state index contributed by atoms with van der Waals surface area (Å²) in [5, 5.41) is 13.7. The van der Waals surface area contributed by atoms with Crippen LogP contribution < -0.4 is 10.9 Å². The Morgan fingerprint density at radius 1 is 1.21 bits per heavy atom. The van der Waals surface area contributed by atoms with E-state index < -0.39 is 5.97 Å². The number of fused-ring (bicyclic) bond motifs is 2. The van der Waals surface area contributed by atoms with E-state index in [1.807, 2.05) is 18.7 Å². The Hall–Kier alpha value is -1.53. The van der Waals surface area contributed by atoms with Gasteiger partial charge in [-0.1, -0.05) is 11.8 Å². The third kappa shape index (κ3) is 5.54. The molecule has 2 saturated heterocycles. The third-order valence-electron chi connectivity index (χ3n) is 10.2. The molecule has 0 spiro atoms. The number of carboxylic acids is 1. The molecule has 0 radical (unpaired) electrons. The second-order valence-electron chi connectivity index (χ2n) is 12.4. The van der Waals surface area contributed by atoms with Crippen LogP contribution in [0.1, 0.15) is 62.0 Å². The number of likely N-dealkylation sites (N-methyl/N-ethyl adjacent to an activating group) is 1. The van der Waals surface area contributed by atoms with Gasteiger partial charge in [-0.25, -0.2) is 4.98 Å². The Labute approximate surface area is 240 Å². The monoisotopic (exact) mass is 572 g/mol. The molecule has 1 aromatic heterocycles. The molecule has 8 unspecified atom stereocenters. The van der Waals surface area contributed by atoms with Gasteiger partial charge in [-0.3, -0.25) is 14.2 Å². The summed E-state index contributed by atoms with van der Waals surface area (Å²) in [5.41, 5.74) is 1.96. The second-order valence-corrected chi connectivity index (χ2v) is 14.3. The number of nitrogens with zero attached hydrogens (tertiary/aromatic N) is 3. The van der Waals surface area contributed by atoms with E-state index >= 15 is 0 Å². The van der Waals surface area contributed by atoms with Crippen molar-refractivity contribution >= 4 is 29.3 Å². The summed E-state index contributed by atoms with van der Waals surface area (Å²) in [6, 6.07) is 1.14. The summed E-state index contributed by atoms with van der Waals surface area (Å²) < 4.78 is 1.78. The van der Waals surface area contributed by atoms with Crippen molar-refractivity contribution in [3.05, 3.63) is 27.4 Å². The van der Waals surface area contributed by atoms with Gasteiger partial charge in [0.2, 0.25) is 0 Å². The molecular weight excluding hydrogens is 532 g/mol. The van der Waals surface area contributed by atoms with Crippen molar-refractivity contribution in [1.82, 2.24) is 19.8 Å². The van der Waals surface area contributed by atoms with Crippen LogP contribution in [0.15, 0.2) is 4.79 Å². The quantitative estimate of drug-likeness (QED) is 0.413. The maximum absolute atomic E-state index is 13.6. The van der Waals surface area contributed by atoms with Crippen LogP contribution in [0.3, 0.4) is 0 Å². The maximum atomic E-state index is 13.6. The van der Waals surface area contributed by atoms with Crippen molar-refractivity contribution in [2.45, 2.75) is 100 Å². The molecule has 2 saturated carbocycles. The van der Waals surface area contributed by atoms with Gasteiger partial charge in [0.25, 0.3) is 5.56 Å². The van der Waals surface area contributed by atoms with Crippen molar-refractivity contribution in [3.63, 3.8) is 0 Å². The van der Waals surface area contributed by atoms with E-state index in [0.717, 1.165) is 68.6 Å². The number of aryl methyl sites for hydroxylation is 2. The molecule has 8 atom stereocenters. The summed E-state index contributed by atoms with van der Waals surface area (Å²) >= 11 is 8.51. The number of aliphatic carboxylic acids is 1. The highest BCUT2D eigenvalue weighted by atomic mass is 35.5. The zero-order chi connectivity index (χ0) is 27.3. The first-order chi connectivity index (χ1) is 18.8. The zero-order valence-corrected chi connectivity index (χ0v) is 24.6.